The highest BCUT2D eigenvalue weighted by Crippen LogP contribution is 2.26. The minimum absolute atomic E-state index is 0.278. The average Bonchev–Trinajstić information content (AvgIpc) is 2.73. The Balaban J connectivity index is 1.36. The Morgan fingerprint density at radius 2 is 1.97 bits per heavy atom. The highest BCUT2D eigenvalue weighted by Gasteiger charge is 2.24. The molecule has 1 N–H and O–H groups in total. The number of pyridine rings is 1. The molecular formula is C25H28N2O2. The number of aliphatic hydroxyl groups is 1. The molecule has 3 aromatic rings. The molecule has 0 amide bonds. The topological polar surface area (TPSA) is 45.6 Å². The smallest absolute Gasteiger partial charge is 0.120 e. The monoisotopic (exact) mass is 388 g/mol. The molecule has 1 aliphatic heterocycles. The van der Waals surface area contributed by atoms with Gasteiger partial charge in [0.05, 0.1) is 0 Å². The second-order valence-electron chi connectivity index (χ2n) is 7.93. The summed E-state index contributed by atoms with van der Waals surface area (Å²) in [7, 11) is 0. The summed E-state index contributed by atoms with van der Waals surface area (Å²) in [5, 5.41) is 10.6. The molecule has 0 aliphatic carbocycles. The lowest BCUT2D eigenvalue weighted by atomic mass is 9.94. The van der Waals surface area contributed by atoms with Gasteiger partial charge in [0, 0.05) is 37.1 Å². The Morgan fingerprint density at radius 1 is 1.14 bits per heavy atom. The van der Waals surface area contributed by atoms with E-state index in [4.69, 9.17) is 4.74 Å². The molecule has 0 saturated carbocycles. The van der Waals surface area contributed by atoms with Gasteiger partial charge in [0.1, 0.15) is 18.5 Å². The molecule has 150 valence electrons. The number of hydrogen-bond acceptors (Lipinski definition) is 4. The van der Waals surface area contributed by atoms with Crippen molar-refractivity contribution in [2.45, 2.75) is 39.0 Å². The van der Waals surface area contributed by atoms with Crippen LogP contribution in [0, 0.1) is 6.92 Å². The van der Waals surface area contributed by atoms with Crippen molar-refractivity contribution in [2.75, 3.05) is 13.2 Å². The number of aryl methyl sites for hydroxylation is 1. The first kappa shape index (κ1) is 19.6. The second-order valence-corrected chi connectivity index (χ2v) is 7.93. The summed E-state index contributed by atoms with van der Waals surface area (Å²) >= 11 is 0. The van der Waals surface area contributed by atoms with Gasteiger partial charge in [0.25, 0.3) is 0 Å². The van der Waals surface area contributed by atoms with E-state index in [1.165, 1.54) is 16.7 Å². The highest BCUT2D eigenvalue weighted by molar-refractivity contribution is 5.67. The summed E-state index contributed by atoms with van der Waals surface area (Å²) in [6.07, 6.45) is 4.16. The predicted octanol–water partition coefficient (Wildman–Crippen LogP) is 4.24. The first-order chi connectivity index (χ1) is 14.1. The zero-order valence-electron chi connectivity index (χ0n) is 17.1. The molecule has 0 bridgehead atoms. The van der Waals surface area contributed by atoms with Gasteiger partial charge in [0.2, 0.25) is 0 Å². The molecule has 29 heavy (non-hydrogen) atoms. The molecule has 0 radical (unpaired) electrons. The minimum Gasteiger partial charge on any atom is -0.491 e. The number of fused-ring (bicyclic) bond motifs is 1. The van der Waals surface area contributed by atoms with E-state index < -0.39 is 6.10 Å². The lowest BCUT2D eigenvalue weighted by molar-refractivity contribution is 0.0479. The predicted molar refractivity (Wildman–Crippen MR) is 116 cm³/mol. The number of benzene rings is 2. The number of nitrogens with zero attached hydrogens (tertiary/aromatic N) is 2. The van der Waals surface area contributed by atoms with Crippen molar-refractivity contribution in [1.29, 1.82) is 0 Å². The molecule has 0 saturated heterocycles. The maximum absolute atomic E-state index is 10.6. The molecule has 1 aromatic heterocycles. The van der Waals surface area contributed by atoms with Crippen molar-refractivity contribution in [2.24, 2.45) is 0 Å². The maximum atomic E-state index is 10.6. The number of aliphatic hydroxyl groups excluding tert-OH is 1. The fourth-order valence-electron chi connectivity index (χ4n) is 4.01. The Bertz CT molecular complexity index is 972. The van der Waals surface area contributed by atoms with Crippen LogP contribution in [0.5, 0.6) is 5.75 Å². The first-order valence-corrected chi connectivity index (χ1v) is 10.2. The first-order valence-electron chi connectivity index (χ1n) is 10.2. The lowest BCUT2D eigenvalue weighted by Gasteiger charge is -2.36. The van der Waals surface area contributed by atoms with Crippen LogP contribution in [0.4, 0.5) is 0 Å². The van der Waals surface area contributed by atoms with E-state index in [1.807, 2.05) is 30.5 Å². The van der Waals surface area contributed by atoms with Crippen LogP contribution in [-0.2, 0) is 13.0 Å². The van der Waals surface area contributed by atoms with E-state index in [2.05, 4.69) is 54.1 Å². The van der Waals surface area contributed by atoms with E-state index in [0.29, 0.717) is 12.6 Å². The fourth-order valence-corrected chi connectivity index (χ4v) is 4.01. The number of hydrogen-bond donors (Lipinski definition) is 1. The molecule has 2 heterocycles. The van der Waals surface area contributed by atoms with Crippen LogP contribution in [0.3, 0.4) is 0 Å². The number of aromatic nitrogens is 1. The molecule has 2 unspecified atom stereocenters. The van der Waals surface area contributed by atoms with Crippen LogP contribution in [0.15, 0.2) is 67.0 Å². The van der Waals surface area contributed by atoms with Gasteiger partial charge in [-0.25, -0.2) is 0 Å². The third-order valence-electron chi connectivity index (χ3n) is 5.70. The van der Waals surface area contributed by atoms with Gasteiger partial charge >= 0.3 is 0 Å². The molecule has 0 fully saturated rings. The fraction of sp³-hybridized carbons (Fsp3) is 0.320. The quantitative estimate of drug-likeness (QED) is 0.686. The molecule has 0 spiro atoms. The summed E-state index contributed by atoms with van der Waals surface area (Å²) in [5.74, 6) is 0.766. The summed E-state index contributed by atoms with van der Waals surface area (Å²) < 4.78 is 5.92. The molecular weight excluding hydrogens is 360 g/mol. The van der Waals surface area contributed by atoms with Crippen LogP contribution in [0.2, 0.25) is 0 Å². The van der Waals surface area contributed by atoms with Crippen molar-refractivity contribution < 1.29 is 9.84 Å². The van der Waals surface area contributed by atoms with Gasteiger partial charge in [-0.1, -0.05) is 36.4 Å². The standard InChI is InChI=1S/C25H28N2O2/c1-18-10-11-26-14-25(18)21-8-5-9-24(13-21)29-17-23(28)16-27-15-22-7-4-3-6-20(22)12-19(27)2/h3-11,13-14,19,23,28H,12,15-17H2,1-2H3. The molecule has 4 nitrogen and oxygen atoms in total. The van der Waals surface area contributed by atoms with Crippen molar-refractivity contribution >= 4 is 0 Å². The summed E-state index contributed by atoms with van der Waals surface area (Å²) in [5.41, 5.74) is 6.13. The van der Waals surface area contributed by atoms with Crippen molar-refractivity contribution in [3.8, 4) is 16.9 Å². The largest absolute Gasteiger partial charge is 0.491 e. The van der Waals surface area contributed by atoms with Crippen molar-refractivity contribution in [3.05, 3.63) is 83.7 Å². The number of β-amino-alcohol motifs (C(OH)–C–C–N with tert-alkyl or cyclic N) is 1. The third kappa shape index (κ3) is 4.66. The zero-order valence-corrected chi connectivity index (χ0v) is 17.1. The van der Waals surface area contributed by atoms with Crippen LogP contribution >= 0.6 is 0 Å². The zero-order chi connectivity index (χ0) is 20.2. The van der Waals surface area contributed by atoms with Gasteiger partial charge in [-0.2, -0.15) is 0 Å². The Labute approximate surface area is 172 Å². The molecule has 4 heteroatoms. The second kappa shape index (κ2) is 8.76. The Kier molecular flexibility index (Phi) is 5.93. The highest BCUT2D eigenvalue weighted by atomic mass is 16.5. The number of ether oxygens (including phenoxy) is 1. The van der Waals surface area contributed by atoms with Gasteiger partial charge in [-0.05, 0) is 60.7 Å². The average molecular weight is 389 g/mol. The SMILES string of the molecule is Cc1ccncc1-c1cccc(OCC(O)CN2Cc3ccccc3CC2C)c1. The van der Waals surface area contributed by atoms with E-state index in [1.54, 1.807) is 6.20 Å². The van der Waals surface area contributed by atoms with Crippen LogP contribution < -0.4 is 4.74 Å². The maximum Gasteiger partial charge on any atom is 0.120 e. The summed E-state index contributed by atoms with van der Waals surface area (Å²) in [6, 6.07) is 19.0. The Morgan fingerprint density at radius 3 is 2.79 bits per heavy atom. The van der Waals surface area contributed by atoms with Gasteiger partial charge in [-0.3, -0.25) is 9.88 Å². The summed E-state index contributed by atoms with van der Waals surface area (Å²) in [4.78, 5) is 6.57. The normalized spacial score (nSPS) is 17.6. The Hall–Kier alpha value is -2.69. The van der Waals surface area contributed by atoms with Gasteiger partial charge < -0.3 is 9.84 Å². The summed E-state index contributed by atoms with van der Waals surface area (Å²) in [6.45, 7) is 6.07. The van der Waals surface area contributed by atoms with E-state index in [9.17, 15) is 5.11 Å². The van der Waals surface area contributed by atoms with Crippen LogP contribution in [0.25, 0.3) is 11.1 Å². The molecule has 1 aliphatic rings. The number of rotatable bonds is 6. The van der Waals surface area contributed by atoms with Crippen molar-refractivity contribution in [3.63, 3.8) is 0 Å². The third-order valence-corrected chi connectivity index (χ3v) is 5.70. The van der Waals surface area contributed by atoms with Gasteiger partial charge in [-0.15, -0.1) is 0 Å². The molecule has 4 rings (SSSR count). The van der Waals surface area contributed by atoms with Crippen LogP contribution in [0.1, 0.15) is 23.6 Å². The van der Waals surface area contributed by atoms with Crippen molar-refractivity contribution in [1.82, 2.24) is 9.88 Å². The van der Waals surface area contributed by atoms with Gasteiger partial charge in [0.15, 0.2) is 0 Å². The lowest BCUT2D eigenvalue weighted by Crippen LogP contribution is -2.44. The molecule has 2 aromatic carbocycles. The van der Waals surface area contributed by atoms with Crippen LogP contribution in [-0.4, -0.2) is 40.3 Å². The van der Waals surface area contributed by atoms with E-state index in [-0.39, 0.29) is 6.61 Å². The molecule has 2 atom stereocenters. The minimum atomic E-state index is -0.536. The van der Waals surface area contributed by atoms with E-state index in [0.717, 1.165) is 29.8 Å². The van der Waals surface area contributed by atoms with E-state index >= 15 is 0 Å².